The van der Waals surface area contributed by atoms with Crippen molar-refractivity contribution in [3.05, 3.63) is 83.4 Å². The number of carboxylic acid groups (broad SMARTS) is 1. The Labute approximate surface area is 202 Å². The molecule has 8 nitrogen and oxygen atoms in total. The summed E-state index contributed by atoms with van der Waals surface area (Å²) in [5, 5.41) is 23.9. The number of amides is 2. The van der Waals surface area contributed by atoms with Crippen molar-refractivity contribution in [1.82, 2.24) is 5.32 Å². The Morgan fingerprint density at radius 2 is 1.60 bits per heavy atom. The first-order chi connectivity index (χ1) is 16.8. The van der Waals surface area contributed by atoms with E-state index in [-0.39, 0.29) is 31.1 Å². The number of carboxylic acids is 1. The van der Waals surface area contributed by atoms with Gasteiger partial charge in [-0.2, -0.15) is 0 Å². The van der Waals surface area contributed by atoms with Crippen LogP contribution in [0.1, 0.15) is 35.4 Å². The number of benzene rings is 3. The van der Waals surface area contributed by atoms with E-state index in [2.05, 4.69) is 10.6 Å². The van der Waals surface area contributed by atoms with Crippen LogP contribution in [0.15, 0.2) is 66.7 Å². The fourth-order valence-corrected chi connectivity index (χ4v) is 4.28. The normalized spacial score (nSPS) is 12.8. The Balaban J connectivity index is 1.44. The molecule has 4 N–H and O–H groups in total. The summed E-state index contributed by atoms with van der Waals surface area (Å²) in [5.41, 5.74) is 5.37. The van der Waals surface area contributed by atoms with E-state index in [4.69, 9.17) is 9.84 Å². The minimum Gasteiger partial charge on any atom is -0.508 e. The summed E-state index contributed by atoms with van der Waals surface area (Å²) in [6.07, 6.45) is -1.26. The predicted octanol–water partition coefficient (Wildman–Crippen LogP) is 4.41. The van der Waals surface area contributed by atoms with E-state index < -0.39 is 24.0 Å². The maximum absolute atomic E-state index is 12.9. The quantitative estimate of drug-likeness (QED) is 0.383. The third kappa shape index (κ3) is 5.43. The standard InChI is InChI=1S/C27H26N2O6/c1-16-10-11-17(30)14-24(16)28-26(33)23(12-13-25(31)32)29-27(34)35-15-22-20-8-4-2-6-18(20)19-7-3-5-9-21(19)22/h2-11,14,22-23,30H,12-13,15H2,1H3,(H,28,33)(H,29,34)(H,31,32). The zero-order chi connectivity index (χ0) is 24.9. The van der Waals surface area contributed by atoms with Gasteiger partial charge >= 0.3 is 12.1 Å². The molecule has 1 aliphatic carbocycles. The number of aryl methyl sites for hydroxylation is 1. The predicted molar refractivity (Wildman–Crippen MR) is 130 cm³/mol. The number of aliphatic carboxylic acids is 1. The van der Waals surface area contributed by atoms with E-state index in [1.807, 2.05) is 48.5 Å². The van der Waals surface area contributed by atoms with Crippen LogP contribution in [0, 0.1) is 6.92 Å². The zero-order valence-electron chi connectivity index (χ0n) is 19.2. The van der Waals surface area contributed by atoms with Gasteiger partial charge in [0.05, 0.1) is 0 Å². The van der Waals surface area contributed by atoms with Crippen LogP contribution >= 0.6 is 0 Å². The molecule has 4 rings (SSSR count). The number of hydrogen-bond donors (Lipinski definition) is 4. The maximum Gasteiger partial charge on any atom is 0.407 e. The molecule has 1 aliphatic rings. The van der Waals surface area contributed by atoms with Crippen LogP contribution in [-0.2, 0) is 14.3 Å². The second-order valence-corrected chi connectivity index (χ2v) is 8.44. The number of carbonyl (C=O) groups is 3. The molecule has 0 aliphatic heterocycles. The molecule has 0 heterocycles. The number of rotatable bonds is 8. The molecule has 35 heavy (non-hydrogen) atoms. The number of carbonyl (C=O) groups excluding carboxylic acids is 2. The van der Waals surface area contributed by atoms with Gasteiger partial charge in [0.15, 0.2) is 0 Å². The summed E-state index contributed by atoms with van der Waals surface area (Å²) in [6, 6.07) is 19.2. The Kier molecular flexibility index (Phi) is 7.01. The Morgan fingerprint density at radius 3 is 2.23 bits per heavy atom. The SMILES string of the molecule is Cc1ccc(O)cc1NC(=O)C(CCC(=O)O)NC(=O)OCC1c2ccccc2-c2ccccc21. The van der Waals surface area contributed by atoms with Crippen LogP contribution in [0.3, 0.4) is 0 Å². The molecule has 0 saturated carbocycles. The topological polar surface area (TPSA) is 125 Å². The van der Waals surface area contributed by atoms with Gasteiger partial charge in [0.1, 0.15) is 18.4 Å². The highest BCUT2D eigenvalue weighted by molar-refractivity contribution is 5.97. The van der Waals surface area contributed by atoms with Crippen molar-refractivity contribution < 1.29 is 29.3 Å². The van der Waals surface area contributed by atoms with Crippen molar-refractivity contribution >= 4 is 23.7 Å². The molecule has 0 aromatic heterocycles. The fraction of sp³-hybridized carbons (Fsp3) is 0.222. The van der Waals surface area contributed by atoms with E-state index >= 15 is 0 Å². The van der Waals surface area contributed by atoms with Crippen molar-refractivity contribution in [3.8, 4) is 16.9 Å². The van der Waals surface area contributed by atoms with Crippen LogP contribution in [-0.4, -0.2) is 40.8 Å². The number of fused-ring (bicyclic) bond motifs is 3. The number of nitrogens with one attached hydrogen (secondary N) is 2. The first kappa shape index (κ1) is 23.8. The van der Waals surface area contributed by atoms with E-state index in [0.717, 1.165) is 22.3 Å². The molecule has 3 aromatic rings. The van der Waals surface area contributed by atoms with Crippen molar-refractivity contribution in [1.29, 1.82) is 0 Å². The van der Waals surface area contributed by atoms with Crippen molar-refractivity contribution in [2.45, 2.75) is 31.7 Å². The summed E-state index contributed by atoms with van der Waals surface area (Å²) in [7, 11) is 0. The molecule has 3 aromatic carbocycles. The number of anilines is 1. The fourth-order valence-electron chi connectivity index (χ4n) is 4.28. The summed E-state index contributed by atoms with van der Waals surface area (Å²) >= 11 is 0. The van der Waals surface area contributed by atoms with Crippen LogP contribution < -0.4 is 10.6 Å². The molecule has 1 unspecified atom stereocenters. The summed E-state index contributed by atoms with van der Waals surface area (Å²) < 4.78 is 5.50. The number of alkyl carbamates (subject to hydrolysis) is 1. The molecule has 0 saturated heterocycles. The number of phenolic OH excluding ortho intramolecular Hbond substituents is 1. The van der Waals surface area contributed by atoms with Gasteiger partial charge in [0, 0.05) is 24.1 Å². The highest BCUT2D eigenvalue weighted by Gasteiger charge is 2.30. The second-order valence-electron chi connectivity index (χ2n) is 8.44. The van der Waals surface area contributed by atoms with Crippen molar-refractivity contribution in [2.75, 3.05) is 11.9 Å². The monoisotopic (exact) mass is 474 g/mol. The van der Waals surface area contributed by atoms with E-state index in [0.29, 0.717) is 11.3 Å². The Bertz CT molecular complexity index is 1230. The first-order valence-electron chi connectivity index (χ1n) is 11.3. The molecule has 180 valence electrons. The smallest absolute Gasteiger partial charge is 0.407 e. The maximum atomic E-state index is 12.9. The lowest BCUT2D eigenvalue weighted by molar-refractivity contribution is -0.137. The molecule has 0 bridgehead atoms. The van der Waals surface area contributed by atoms with E-state index in [1.165, 1.54) is 12.1 Å². The summed E-state index contributed by atoms with van der Waals surface area (Å²) in [4.78, 5) is 36.6. The number of aromatic hydroxyl groups is 1. The summed E-state index contributed by atoms with van der Waals surface area (Å²) in [6.45, 7) is 1.82. The summed E-state index contributed by atoms with van der Waals surface area (Å²) in [5.74, 6) is -1.87. The van der Waals surface area contributed by atoms with Gasteiger partial charge in [-0.25, -0.2) is 4.79 Å². The van der Waals surface area contributed by atoms with Crippen LogP contribution in [0.2, 0.25) is 0 Å². The number of ether oxygens (including phenoxy) is 1. The van der Waals surface area contributed by atoms with Crippen LogP contribution in [0.25, 0.3) is 11.1 Å². The molecule has 8 heteroatoms. The van der Waals surface area contributed by atoms with Gasteiger partial charge < -0.3 is 25.6 Å². The highest BCUT2D eigenvalue weighted by Crippen LogP contribution is 2.44. The minimum absolute atomic E-state index is 0.0301. The lowest BCUT2D eigenvalue weighted by atomic mass is 9.98. The average Bonchev–Trinajstić information content (AvgIpc) is 3.16. The molecular formula is C27H26N2O6. The van der Waals surface area contributed by atoms with Gasteiger partial charge in [0.25, 0.3) is 0 Å². The Hall–Kier alpha value is -4.33. The first-order valence-corrected chi connectivity index (χ1v) is 11.3. The van der Waals surface area contributed by atoms with Crippen molar-refractivity contribution in [2.24, 2.45) is 0 Å². The van der Waals surface area contributed by atoms with E-state index in [9.17, 15) is 19.5 Å². The van der Waals surface area contributed by atoms with Gasteiger partial charge in [-0.3, -0.25) is 9.59 Å². The largest absolute Gasteiger partial charge is 0.508 e. The molecule has 0 radical (unpaired) electrons. The lowest BCUT2D eigenvalue weighted by Crippen LogP contribution is -2.44. The highest BCUT2D eigenvalue weighted by atomic mass is 16.5. The molecule has 1 atom stereocenters. The number of hydrogen-bond acceptors (Lipinski definition) is 5. The molecule has 2 amide bonds. The third-order valence-corrected chi connectivity index (χ3v) is 6.08. The molecular weight excluding hydrogens is 448 g/mol. The van der Waals surface area contributed by atoms with Crippen molar-refractivity contribution in [3.63, 3.8) is 0 Å². The lowest BCUT2D eigenvalue weighted by Gasteiger charge is -2.20. The minimum atomic E-state index is -1.14. The molecule has 0 fully saturated rings. The second kappa shape index (κ2) is 10.3. The average molecular weight is 475 g/mol. The molecule has 0 spiro atoms. The number of phenols is 1. The van der Waals surface area contributed by atoms with Crippen LogP contribution in [0.4, 0.5) is 10.5 Å². The van der Waals surface area contributed by atoms with E-state index in [1.54, 1.807) is 13.0 Å². The van der Waals surface area contributed by atoms with Gasteiger partial charge in [-0.15, -0.1) is 0 Å². The third-order valence-electron chi connectivity index (χ3n) is 6.08. The van der Waals surface area contributed by atoms with Gasteiger partial charge in [0.2, 0.25) is 5.91 Å². The zero-order valence-corrected chi connectivity index (χ0v) is 19.2. The van der Waals surface area contributed by atoms with Crippen LogP contribution in [0.5, 0.6) is 5.75 Å². The van der Waals surface area contributed by atoms with Gasteiger partial charge in [-0.05, 0) is 47.2 Å². The van der Waals surface area contributed by atoms with Gasteiger partial charge in [-0.1, -0.05) is 54.6 Å². The Morgan fingerprint density at radius 1 is 0.971 bits per heavy atom.